The van der Waals surface area contributed by atoms with Crippen molar-refractivity contribution in [1.29, 1.82) is 0 Å². The molecule has 0 aromatic heterocycles. The molecular formula is C16H26N2O. The molecule has 106 valence electrons. The lowest BCUT2D eigenvalue weighted by Crippen LogP contribution is -2.42. The summed E-state index contributed by atoms with van der Waals surface area (Å²) in [6.45, 7) is 6.19. The fourth-order valence-corrected chi connectivity index (χ4v) is 2.52. The Bertz CT molecular complexity index is 364. The van der Waals surface area contributed by atoms with Crippen LogP contribution in [0.1, 0.15) is 38.2 Å². The van der Waals surface area contributed by atoms with Crippen LogP contribution < -0.4 is 10.5 Å². The summed E-state index contributed by atoms with van der Waals surface area (Å²) in [5.74, 6) is 0.979. The molecule has 3 nitrogen and oxygen atoms in total. The fourth-order valence-electron chi connectivity index (χ4n) is 2.52. The van der Waals surface area contributed by atoms with Crippen LogP contribution in [-0.2, 0) is 6.54 Å². The van der Waals surface area contributed by atoms with E-state index in [0.29, 0.717) is 6.04 Å². The smallest absolute Gasteiger partial charge is 0.119 e. The van der Waals surface area contributed by atoms with Gasteiger partial charge in [-0.1, -0.05) is 25.5 Å². The first kappa shape index (κ1) is 14.4. The lowest BCUT2D eigenvalue weighted by Gasteiger charge is -2.30. The molecule has 1 heterocycles. The van der Waals surface area contributed by atoms with Crippen molar-refractivity contribution in [2.45, 2.75) is 45.2 Å². The lowest BCUT2D eigenvalue weighted by atomic mass is 10.1. The molecular weight excluding hydrogens is 236 g/mol. The largest absolute Gasteiger partial charge is 0.494 e. The first-order valence-electron chi connectivity index (χ1n) is 7.47. The molecule has 0 radical (unpaired) electrons. The number of ether oxygens (including phenoxy) is 1. The topological polar surface area (TPSA) is 38.5 Å². The number of likely N-dealkylation sites (tertiary alicyclic amines) is 1. The molecule has 1 atom stereocenters. The van der Waals surface area contributed by atoms with Crippen molar-refractivity contribution in [2.24, 2.45) is 5.73 Å². The molecule has 2 rings (SSSR count). The Morgan fingerprint density at radius 2 is 2.11 bits per heavy atom. The van der Waals surface area contributed by atoms with Crippen LogP contribution in [0.5, 0.6) is 5.75 Å². The van der Waals surface area contributed by atoms with Crippen molar-refractivity contribution in [3.8, 4) is 5.75 Å². The summed E-state index contributed by atoms with van der Waals surface area (Å²) in [7, 11) is 0. The Labute approximate surface area is 116 Å². The van der Waals surface area contributed by atoms with Crippen LogP contribution in [0.4, 0.5) is 0 Å². The quantitative estimate of drug-likeness (QED) is 0.801. The van der Waals surface area contributed by atoms with Gasteiger partial charge in [-0.25, -0.2) is 0 Å². The number of nitrogens with two attached hydrogens (primary N) is 1. The van der Waals surface area contributed by atoms with Crippen LogP contribution in [0.2, 0.25) is 0 Å². The van der Waals surface area contributed by atoms with Gasteiger partial charge in [0.2, 0.25) is 0 Å². The Kier molecular flexibility index (Phi) is 5.67. The first-order chi connectivity index (χ1) is 9.28. The summed E-state index contributed by atoms with van der Waals surface area (Å²) >= 11 is 0. The van der Waals surface area contributed by atoms with Crippen LogP contribution in [0.3, 0.4) is 0 Å². The van der Waals surface area contributed by atoms with E-state index in [9.17, 15) is 0 Å². The Balaban J connectivity index is 1.81. The first-order valence-corrected chi connectivity index (χ1v) is 7.47. The van der Waals surface area contributed by atoms with Crippen molar-refractivity contribution < 1.29 is 4.74 Å². The van der Waals surface area contributed by atoms with Gasteiger partial charge in [0.15, 0.2) is 0 Å². The summed E-state index contributed by atoms with van der Waals surface area (Å²) < 4.78 is 5.67. The molecule has 1 saturated heterocycles. The lowest BCUT2D eigenvalue weighted by molar-refractivity contribution is 0.201. The van der Waals surface area contributed by atoms with Gasteiger partial charge in [-0.3, -0.25) is 4.90 Å². The van der Waals surface area contributed by atoms with E-state index in [1.165, 1.54) is 31.4 Å². The van der Waals surface area contributed by atoms with Crippen LogP contribution in [0, 0.1) is 0 Å². The van der Waals surface area contributed by atoms with Gasteiger partial charge in [-0.05, 0) is 43.5 Å². The third kappa shape index (κ3) is 4.84. The van der Waals surface area contributed by atoms with Gasteiger partial charge in [0.05, 0.1) is 6.61 Å². The minimum atomic E-state index is 0.352. The molecule has 1 aromatic carbocycles. The molecule has 0 amide bonds. The third-order valence-electron chi connectivity index (χ3n) is 3.64. The molecule has 1 aliphatic heterocycles. The molecule has 19 heavy (non-hydrogen) atoms. The predicted octanol–water partition coefficient (Wildman–Crippen LogP) is 2.79. The second kappa shape index (κ2) is 7.51. The molecule has 1 fully saturated rings. The zero-order valence-electron chi connectivity index (χ0n) is 12.0. The summed E-state index contributed by atoms with van der Waals surface area (Å²) in [6.07, 6.45) is 4.68. The number of piperidine rings is 1. The van der Waals surface area contributed by atoms with Crippen LogP contribution >= 0.6 is 0 Å². The average molecular weight is 262 g/mol. The molecule has 3 heteroatoms. The number of benzene rings is 1. The Morgan fingerprint density at radius 3 is 2.79 bits per heavy atom. The van der Waals surface area contributed by atoms with Crippen molar-refractivity contribution in [3.05, 3.63) is 29.8 Å². The van der Waals surface area contributed by atoms with Crippen LogP contribution in [0.25, 0.3) is 0 Å². The van der Waals surface area contributed by atoms with Crippen molar-refractivity contribution in [2.75, 3.05) is 19.7 Å². The summed E-state index contributed by atoms with van der Waals surface area (Å²) in [5.41, 5.74) is 7.35. The van der Waals surface area contributed by atoms with E-state index in [1.807, 2.05) is 0 Å². The van der Waals surface area contributed by atoms with E-state index in [0.717, 1.165) is 31.9 Å². The monoisotopic (exact) mass is 262 g/mol. The maximum atomic E-state index is 6.01. The number of hydrogen-bond donors (Lipinski definition) is 1. The zero-order chi connectivity index (χ0) is 13.5. The molecule has 0 spiro atoms. The Morgan fingerprint density at radius 1 is 1.32 bits per heavy atom. The van der Waals surface area contributed by atoms with Crippen molar-refractivity contribution >= 4 is 0 Å². The molecule has 0 saturated carbocycles. The van der Waals surface area contributed by atoms with Gasteiger partial charge in [0.1, 0.15) is 5.75 Å². The van der Waals surface area contributed by atoms with E-state index in [-0.39, 0.29) is 0 Å². The fraction of sp³-hybridized carbons (Fsp3) is 0.625. The minimum Gasteiger partial charge on any atom is -0.494 e. The van der Waals surface area contributed by atoms with Gasteiger partial charge in [-0.15, -0.1) is 0 Å². The highest BCUT2D eigenvalue weighted by atomic mass is 16.5. The van der Waals surface area contributed by atoms with Gasteiger partial charge in [-0.2, -0.15) is 0 Å². The minimum absolute atomic E-state index is 0.352. The number of rotatable bonds is 6. The maximum absolute atomic E-state index is 6.01. The van der Waals surface area contributed by atoms with Gasteiger partial charge >= 0.3 is 0 Å². The summed E-state index contributed by atoms with van der Waals surface area (Å²) in [5, 5.41) is 0. The predicted molar refractivity (Wildman–Crippen MR) is 79.3 cm³/mol. The highest BCUT2D eigenvalue weighted by Gasteiger charge is 2.16. The van der Waals surface area contributed by atoms with E-state index in [1.54, 1.807) is 0 Å². The van der Waals surface area contributed by atoms with Crippen molar-refractivity contribution in [1.82, 2.24) is 4.90 Å². The second-order valence-corrected chi connectivity index (χ2v) is 5.48. The maximum Gasteiger partial charge on any atom is 0.119 e. The SMILES string of the molecule is CCCCOc1ccc(CN2CCCC(N)C2)cc1. The summed E-state index contributed by atoms with van der Waals surface area (Å²) in [4.78, 5) is 2.45. The summed E-state index contributed by atoms with van der Waals surface area (Å²) in [6, 6.07) is 8.84. The van der Waals surface area contributed by atoms with E-state index in [4.69, 9.17) is 10.5 Å². The van der Waals surface area contributed by atoms with Gasteiger partial charge < -0.3 is 10.5 Å². The van der Waals surface area contributed by atoms with E-state index >= 15 is 0 Å². The number of unbranched alkanes of at least 4 members (excludes halogenated alkanes) is 1. The van der Waals surface area contributed by atoms with E-state index in [2.05, 4.69) is 36.1 Å². The second-order valence-electron chi connectivity index (χ2n) is 5.48. The van der Waals surface area contributed by atoms with Gasteiger partial charge in [0.25, 0.3) is 0 Å². The molecule has 1 unspecified atom stereocenters. The third-order valence-corrected chi connectivity index (χ3v) is 3.64. The number of nitrogens with zero attached hydrogens (tertiary/aromatic N) is 1. The Hall–Kier alpha value is -1.06. The molecule has 1 aromatic rings. The number of hydrogen-bond acceptors (Lipinski definition) is 3. The molecule has 2 N–H and O–H groups in total. The molecule has 0 bridgehead atoms. The average Bonchev–Trinajstić information content (AvgIpc) is 2.41. The highest BCUT2D eigenvalue weighted by Crippen LogP contribution is 2.16. The molecule has 0 aliphatic carbocycles. The normalized spacial score (nSPS) is 20.4. The standard InChI is InChI=1S/C16H26N2O/c1-2-3-11-19-16-8-6-14(7-9-16)12-18-10-4-5-15(17)13-18/h6-9,15H,2-5,10-13,17H2,1H3. The highest BCUT2D eigenvalue weighted by molar-refractivity contribution is 5.27. The van der Waals surface area contributed by atoms with E-state index < -0.39 is 0 Å². The zero-order valence-corrected chi connectivity index (χ0v) is 12.0. The van der Waals surface area contributed by atoms with Crippen LogP contribution in [-0.4, -0.2) is 30.6 Å². The van der Waals surface area contributed by atoms with Crippen LogP contribution in [0.15, 0.2) is 24.3 Å². The van der Waals surface area contributed by atoms with Crippen molar-refractivity contribution in [3.63, 3.8) is 0 Å². The molecule has 1 aliphatic rings. The van der Waals surface area contributed by atoms with Gasteiger partial charge in [0, 0.05) is 19.1 Å².